The number of ether oxygens (including phenoxy) is 1. The minimum Gasteiger partial charge on any atom is -0.456 e. The number of carbonyl (C=O) groups is 2. The van der Waals surface area contributed by atoms with Crippen molar-refractivity contribution in [3.63, 3.8) is 0 Å². The zero-order valence-corrected chi connectivity index (χ0v) is 12.2. The molecule has 0 spiro atoms. The molecule has 0 bridgehead atoms. The molecule has 20 heavy (non-hydrogen) atoms. The maximum Gasteiger partial charge on any atom is 0.338 e. The van der Waals surface area contributed by atoms with Crippen LogP contribution in [0.25, 0.3) is 0 Å². The van der Waals surface area contributed by atoms with Crippen LogP contribution < -0.4 is 5.32 Å². The Kier molecular flexibility index (Phi) is 5.33. The van der Waals surface area contributed by atoms with Crippen molar-refractivity contribution in [2.75, 3.05) is 6.54 Å². The number of rotatable bonds is 2. The lowest BCUT2D eigenvalue weighted by molar-refractivity contribution is -0.118. The third-order valence-electron chi connectivity index (χ3n) is 2.16. The molecule has 1 aromatic rings. The average Bonchev–Trinajstić information content (AvgIpc) is 2.33. The van der Waals surface area contributed by atoms with Crippen LogP contribution in [0.1, 0.15) is 43.6 Å². The summed E-state index contributed by atoms with van der Waals surface area (Å²) < 4.78 is 5.29. The second-order valence-corrected chi connectivity index (χ2v) is 5.29. The van der Waals surface area contributed by atoms with E-state index in [2.05, 4.69) is 17.2 Å². The molecule has 0 heterocycles. The van der Waals surface area contributed by atoms with E-state index in [0.717, 1.165) is 0 Å². The van der Waals surface area contributed by atoms with Gasteiger partial charge in [-0.05, 0) is 39.0 Å². The van der Waals surface area contributed by atoms with E-state index in [1.54, 1.807) is 24.3 Å². The molecule has 1 amide bonds. The quantitative estimate of drug-likeness (QED) is 0.663. The Morgan fingerprint density at radius 3 is 2.60 bits per heavy atom. The maximum atomic E-state index is 11.9. The molecule has 0 aliphatic rings. The molecule has 0 atom stereocenters. The first-order valence-electron chi connectivity index (χ1n) is 6.34. The maximum absolute atomic E-state index is 11.9. The van der Waals surface area contributed by atoms with E-state index in [9.17, 15) is 9.59 Å². The lowest BCUT2D eigenvalue weighted by Gasteiger charge is -2.19. The van der Waals surface area contributed by atoms with Crippen LogP contribution in [0, 0.1) is 11.8 Å². The number of hydrogen-bond donors (Lipinski definition) is 1. The van der Waals surface area contributed by atoms with Crippen molar-refractivity contribution in [3.05, 3.63) is 35.4 Å². The fraction of sp³-hybridized carbons (Fsp3) is 0.375. The van der Waals surface area contributed by atoms with E-state index in [1.807, 2.05) is 20.8 Å². The summed E-state index contributed by atoms with van der Waals surface area (Å²) in [6.07, 6.45) is 0. The summed E-state index contributed by atoms with van der Waals surface area (Å²) in [6.45, 7) is 7.18. The minimum absolute atomic E-state index is 0.123. The first-order valence-corrected chi connectivity index (χ1v) is 6.34. The first kappa shape index (κ1) is 15.8. The van der Waals surface area contributed by atoms with Crippen molar-refractivity contribution >= 4 is 11.9 Å². The number of carbonyl (C=O) groups excluding carboxylic acids is 2. The van der Waals surface area contributed by atoms with Gasteiger partial charge in [-0.15, -0.1) is 0 Å². The van der Waals surface area contributed by atoms with Crippen LogP contribution >= 0.6 is 0 Å². The smallest absolute Gasteiger partial charge is 0.338 e. The summed E-state index contributed by atoms with van der Waals surface area (Å²) in [5.74, 6) is 5.20. The lowest BCUT2D eigenvalue weighted by Crippen LogP contribution is -2.23. The van der Waals surface area contributed by atoms with Crippen LogP contribution in [-0.2, 0) is 9.53 Å². The molecule has 0 radical (unpaired) electrons. The molecule has 0 aliphatic heterocycles. The molecular formula is C16H19NO3. The third-order valence-corrected chi connectivity index (χ3v) is 2.16. The van der Waals surface area contributed by atoms with Crippen LogP contribution in [0.3, 0.4) is 0 Å². The van der Waals surface area contributed by atoms with Gasteiger partial charge < -0.3 is 10.1 Å². The Bertz CT molecular complexity index is 559. The predicted octanol–water partition coefficient (Wildman–Crippen LogP) is 2.13. The second-order valence-electron chi connectivity index (χ2n) is 5.29. The standard InChI is InChI=1S/C16H19NO3/c1-12(18)17-10-6-8-13-7-5-9-14(11-13)15(19)20-16(2,3)4/h5,7,9,11H,10H2,1-4H3,(H,17,18). The highest BCUT2D eigenvalue weighted by atomic mass is 16.6. The summed E-state index contributed by atoms with van der Waals surface area (Å²) in [6, 6.07) is 6.91. The van der Waals surface area contributed by atoms with E-state index in [1.165, 1.54) is 6.92 Å². The van der Waals surface area contributed by atoms with Gasteiger partial charge in [0.15, 0.2) is 0 Å². The molecular weight excluding hydrogens is 254 g/mol. The number of amides is 1. The van der Waals surface area contributed by atoms with E-state index in [-0.39, 0.29) is 18.4 Å². The first-order chi connectivity index (χ1) is 9.28. The summed E-state index contributed by atoms with van der Waals surface area (Å²) in [4.78, 5) is 22.6. The van der Waals surface area contributed by atoms with Crippen molar-refractivity contribution in [2.24, 2.45) is 0 Å². The monoisotopic (exact) mass is 273 g/mol. The second kappa shape index (κ2) is 6.76. The molecule has 0 aliphatic carbocycles. The molecule has 4 nitrogen and oxygen atoms in total. The molecule has 106 valence electrons. The fourth-order valence-corrected chi connectivity index (χ4v) is 1.38. The molecule has 0 saturated heterocycles. The van der Waals surface area contributed by atoms with Crippen molar-refractivity contribution in [1.82, 2.24) is 5.32 Å². The van der Waals surface area contributed by atoms with E-state index >= 15 is 0 Å². The van der Waals surface area contributed by atoms with Gasteiger partial charge >= 0.3 is 5.97 Å². The molecule has 1 N–H and O–H groups in total. The number of hydrogen-bond acceptors (Lipinski definition) is 3. The Morgan fingerprint density at radius 1 is 1.30 bits per heavy atom. The summed E-state index contributed by atoms with van der Waals surface area (Å²) in [5.41, 5.74) is 0.648. The molecule has 4 heteroatoms. The van der Waals surface area contributed by atoms with Crippen molar-refractivity contribution in [3.8, 4) is 11.8 Å². The normalized spacial score (nSPS) is 10.2. The molecule has 0 saturated carbocycles. The van der Waals surface area contributed by atoms with Crippen molar-refractivity contribution < 1.29 is 14.3 Å². The van der Waals surface area contributed by atoms with Gasteiger partial charge in [0.1, 0.15) is 5.60 Å². The summed E-state index contributed by atoms with van der Waals surface area (Å²) in [7, 11) is 0. The molecule has 0 fully saturated rings. The average molecular weight is 273 g/mol. The largest absolute Gasteiger partial charge is 0.456 e. The summed E-state index contributed by atoms with van der Waals surface area (Å²) >= 11 is 0. The fourth-order valence-electron chi connectivity index (χ4n) is 1.38. The Balaban J connectivity index is 2.75. The molecule has 0 aromatic heterocycles. The van der Waals surface area contributed by atoms with Gasteiger partial charge in [0, 0.05) is 12.5 Å². The Morgan fingerprint density at radius 2 is 2.00 bits per heavy atom. The van der Waals surface area contributed by atoms with Gasteiger partial charge in [0.05, 0.1) is 12.1 Å². The lowest BCUT2D eigenvalue weighted by atomic mass is 10.1. The number of esters is 1. The van der Waals surface area contributed by atoms with E-state index < -0.39 is 5.60 Å². The number of benzene rings is 1. The number of nitrogens with one attached hydrogen (secondary N) is 1. The molecule has 1 aromatic carbocycles. The van der Waals surface area contributed by atoms with Gasteiger partial charge in [-0.2, -0.15) is 0 Å². The minimum atomic E-state index is -0.524. The van der Waals surface area contributed by atoms with Crippen molar-refractivity contribution in [2.45, 2.75) is 33.3 Å². The van der Waals surface area contributed by atoms with Crippen LogP contribution in [-0.4, -0.2) is 24.0 Å². The van der Waals surface area contributed by atoms with Crippen LogP contribution in [0.2, 0.25) is 0 Å². The van der Waals surface area contributed by atoms with Gasteiger partial charge in [-0.1, -0.05) is 17.9 Å². The zero-order chi connectivity index (χ0) is 15.2. The highest BCUT2D eigenvalue weighted by Gasteiger charge is 2.17. The van der Waals surface area contributed by atoms with Gasteiger partial charge in [0.25, 0.3) is 0 Å². The summed E-state index contributed by atoms with van der Waals surface area (Å²) in [5, 5.41) is 2.58. The predicted molar refractivity (Wildman–Crippen MR) is 77.2 cm³/mol. The van der Waals surface area contributed by atoms with Gasteiger partial charge in [-0.3, -0.25) is 4.79 Å². The Labute approximate surface area is 119 Å². The SMILES string of the molecule is CC(=O)NCC#Cc1cccc(C(=O)OC(C)(C)C)c1. The zero-order valence-electron chi connectivity index (χ0n) is 12.2. The topological polar surface area (TPSA) is 55.4 Å². The van der Waals surface area contributed by atoms with E-state index in [0.29, 0.717) is 11.1 Å². The van der Waals surface area contributed by atoms with Crippen LogP contribution in [0.15, 0.2) is 24.3 Å². The van der Waals surface area contributed by atoms with Gasteiger partial charge in [0.2, 0.25) is 5.91 Å². The molecule has 0 unspecified atom stereocenters. The van der Waals surface area contributed by atoms with Crippen LogP contribution in [0.4, 0.5) is 0 Å². The highest BCUT2D eigenvalue weighted by molar-refractivity contribution is 5.90. The third kappa shape index (κ3) is 6.05. The highest BCUT2D eigenvalue weighted by Crippen LogP contribution is 2.13. The Hall–Kier alpha value is -2.28. The van der Waals surface area contributed by atoms with Crippen molar-refractivity contribution in [1.29, 1.82) is 0 Å². The van der Waals surface area contributed by atoms with Gasteiger partial charge in [-0.25, -0.2) is 4.79 Å². The molecule has 1 rings (SSSR count). The van der Waals surface area contributed by atoms with E-state index in [4.69, 9.17) is 4.74 Å². The van der Waals surface area contributed by atoms with Crippen LogP contribution in [0.5, 0.6) is 0 Å².